The second-order valence-electron chi connectivity index (χ2n) is 3.77. The molecule has 0 aliphatic rings. The lowest BCUT2D eigenvalue weighted by Gasteiger charge is -2.11. The van der Waals surface area contributed by atoms with Crippen LogP contribution in [0, 0.1) is 6.92 Å². The Bertz CT molecular complexity index is 725. The summed E-state index contributed by atoms with van der Waals surface area (Å²) in [5.41, 5.74) is -0.561. The number of hydrogen-bond acceptors (Lipinski definition) is 3. The minimum absolute atomic E-state index is 0.174. The van der Waals surface area contributed by atoms with E-state index in [1.165, 1.54) is 4.68 Å². The van der Waals surface area contributed by atoms with E-state index < -0.39 is 17.1 Å². The molecule has 0 spiro atoms. The van der Waals surface area contributed by atoms with Crippen molar-refractivity contribution in [2.75, 3.05) is 0 Å². The van der Waals surface area contributed by atoms with Crippen molar-refractivity contribution in [3.63, 3.8) is 0 Å². The van der Waals surface area contributed by atoms with Gasteiger partial charge in [-0.05, 0) is 25.1 Å². The first kappa shape index (κ1) is 13.6. The summed E-state index contributed by atoms with van der Waals surface area (Å²) in [7, 11) is 0. The average molecular weight is 299 g/mol. The molecule has 7 heteroatoms. The number of carboxylic acid groups (broad SMARTS) is 1. The van der Waals surface area contributed by atoms with Crippen LogP contribution in [0.25, 0.3) is 5.69 Å². The molecule has 2 aromatic rings. The van der Waals surface area contributed by atoms with Gasteiger partial charge in [-0.1, -0.05) is 29.3 Å². The van der Waals surface area contributed by atoms with Gasteiger partial charge in [0.2, 0.25) is 11.1 Å². The molecule has 0 saturated heterocycles. The Hall–Kier alpha value is -1.85. The van der Waals surface area contributed by atoms with Gasteiger partial charge in [0.15, 0.2) is 0 Å². The predicted molar refractivity (Wildman–Crippen MR) is 71.6 cm³/mol. The molecule has 2 rings (SSSR count). The van der Waals surface area contributed by atoms with Crippen LogP contribution in [0.3, 0.4) is 0 Å². The van der Waals surface area contributed by atoms with Crippen molar-refractivity contribution >= 4 is 29.2 Å². The van der Waals surface area contributed by atoms with Crippen LogP contribution >= 0.6 is 23.2 Å². The number of benzene rings is 1. The summed E-state index contributed by atoms with van der Waals surface area (Å²) in [6.45, 7) is 1.57. The number of halogens is 2. The second kappa shape index (κ2) is 5.03. The molecule has 0 aliphatic heterocycles. The topological polar surface area (TPSA) is 72.2 Å². The first-order valence-electron chi connectivity index (χ1n) is 5.20. The van der Waals surface area contributed by atoms with E-state index in [0.717, 1.165) is 0 Å². The largest absolute Gasteiger partial charge is 0.476 e. The molecular formula is C12H8Cl2N2O3. The summed E-state index contributed by atoms with van der Waals surface area (Å²) < 4.78 is 1.28. The van der Waals surface area contributed by atoms with E-state index in [0.29, 0.717) is 16.4 Å². The summed E-state index contributed by atoms with van der Waals surface area (Å²) in [5, 5.41) is 13.0. The van der Waals surface area contributed by atoms with Gasteiger partial charge in [-0.25, -0.2) is 9.48 Å². The van der Waals surface area contributed by atoms with Gasteiger partial charge in [-0.2, -0.15) is 5.10 Å². The first-order chi connectivity index (χ1) is 8.91. The standard InChI is InChI=1S/C12H8Cl2N2O3/c1-6-9(14)11(17)10(12(18)19)15-16(6)8-4-2-3-7(13)5-8/h2-5H,1H3,(H,18,19). The average Bonchev–Trinajstić information content (AvgIpc) is 2.36. The van der Waals surface area contributed by atoms with Crippen LogP contribution in [0.1, 0.15) is 16.2 Å². The molecule has 0 aliphatic carbocycles. The maximum absolute atomic E-state index is 11.7. The number of aromatic nitrogens is 2. The van der Waals surface area contributed by atoms with E-state index in [1.54, 1.807) is 31.2 Å². The first-order valence-corrected chi connectivity index (χ1v) is 5.96. The van der Waals surface area contributed by atoms with Crippen molar-refractivity contribution < 1.29 is 9.90 Å². The van der Waals surface area contributed by atoms with E-state index in [-0.39, 0.29) is 5.02 Å². The molecule has 0 atom stereocenters. The van der Waals surface area contributed by atoms with Crippen molar-refractivity contribution in [2.45, 2.75) is 6.92 Å². The molecule has 0 unspecified atom stereocenters. The van der Waals surface area contributed by atoms with Gasteiger partial charge >= 0.3 is 5.97 Å². The van der Waals surface area contributed by atoms with Crippen LogP contribution < -0.4 is 5.43 Å². The Morgan fingerprint density at radius 3 is 2.63 bits per heavy atom. The number of aromatic carboxylic acids is 1. The Morgan fingerprint density at radius 1 is 1.37 bits per heavy atom. The SMILES string of the molecule is Cc1c(Cl)c(=O)c(C(=O)O)nn1-c1cccc(Cl)c1. The lowest BCUT2D eigenvalue weighted by molar-refractivity contribution is 0.0686. The van der Waals surface area contributed by atoms with Crippen molar-refractivity contribution in [1.82, 2.24) is 9.78 Å². The van der Waals surface area contributed by atoms with E-state index in [1.807, 2.05) is 0 Å². The van der Waals surface area contributed by atoms with Crippen molar-refractivity contribution in [2.24, 2.45) is 0 Å². The van der Waals surface area contributed by atoms with E-state index in [4.69, 9.17) is 28.3 Å². The van der Waals surface area contributed by atoms with Gasteiger partial charge in [0.1, 0.15) is 5.02 Å². The van der Waals surface area contributed by atoms with E-state index in [2.05, 4.69) is 5.10 Å². The zero-order chi connectivity index (χ0) is 14.2. The minimum Gasteiger partial charge on any atom is -0.476 e. The fourth-order valence-electron chi connectivity index (χ4n) is 1.58. The van der Waals surface area contributed by atoms with E-state index in [9.17, 15) is 9.59 Å². The van der Waals surface area contributed by atoms with Crippen molar-refractivity contribution in [1.29, 1.82) is 0 Å². The Balaban J connectivity index is 2.78. The summed E-state index contributed by atoms with van der Waals surface area (Å²) in [6.07, 6.45) is 0. The van der Waals surface area contributed by atoms with E-state index >= 15 is 0 Å². The molecule has 98 valence electrons. The Kier molecular flexibility index (Phi) is 3.59. The highest BCUT2D eigenvalue weighted by atomic mass is 35.5. The summed E-state index contributed by atoms with van der Waals surface area (Å²) in [4.78, 5) is 22.6. The smallest absolute Gasteiger partial charge is 0.360 e. The van der Waals surface area contributed by atoms with Crippen LogP contribution in [0.5, 0.6) is 0 Å². The van der Waals surface area contributed by atoms with Crippen LogP contribution in [-0.2, 0) is 0 Å². The highest BCUT2D eigenvalue weighted by Crippen LogP contribution is 2.18. The molecule has 0 amide bonds. The predicted octanol–water partition coefficient (Wildman–Crippen LogP) is 2.55. The maximum atomic E-state index is 11.7. The van der Waals surface area contributed by atoms with Crippen LogP contribution in [0.15, 0.2) is 29.1 Å². The van der Waals surface area contributed by atoms with Crippen LogP contribution in [0.2, 0.25) is 10.0 Å². The third-order valence-electron chi connectivity index (χ3n) is 2.51. The number of rotatable bonds is 2. The molecule has 5 nitrogen and oxygen atoms in total. The zero-order valence-electron chi connectivity index (χ0n) is 9.72. The van der Waals surface area contributed by atoms with Gasteiger partial charge in [0, 0.05) is 5.02 Å². The fourth-order valence-corrected chi connectivity index (χ4v) is 1.93. The lowest BCUT2D eigenvalue weighted by Crippen LogP contribution is -2.24. The van der Waals surface area contributed by atoms with Gasteiger partial charge < -0.3 is 5.11 Å². The quantitative estimate of drug-likeness (QED) is 0.925. The molecule has 0 fully saturated rings. The molecule has 0 bridgehead atoms. The van der Waals surface area contributed by atoms with Gasteiger partial charge in [-0.15, -0.1) is 0 Å². The molecular weight excluding hydrogens is 291 g/mol. The summed E-state index contributed by atoms with van der Waals surface area (Å²) >= 11 is 11.7. The Morgan fingerprint density at radius 2 is 2.05 bits per heavy atom. The highest BCUT2D eigenvalue weighted by molar-refractivity contribution is 6.31. The van der Waals surface area contributed by atoms with Gasteiger partial charge in [0.05, 0.1) is 11.4 Å². The molecule has 1 aromatic heterocycles. The Labute approximate surface area is 118 Å². The zero-order valence-corrected chi connectivity index (χ0v) is 11.2. The van der Waals surface area contributed by atoms with Gasteiger partial charge in [0.25, 0.3) is 0 Å². The van der Waals surface area contributed by atoms with Crippen LogP contribution in [0.4, 0.5) is 0 Å². The number of carbonyl (C=O) groups is 1. The maximum Gasteiger partial charge on any atom is 0.360 e. The van der Waals surface area contributed by atoms with Gasteiger partial charge in [-0.3, -0.25) is 4.79 Å². The summed E-state index contributed by atoms with van der Waals surface area (Å²) in [6, 6.07) is 6.63. The number of nitrogens with zero attached hydrogens (tertiary/aromatic N) is 2. The lowest BCUT2D eigenvalue weighted by atomic mass is 10.3. The number of hydrogen-bond donors (Lipinski definition) is 1. The normalized spacial score (nSPS) is 10.5. The van der Waals surface area contributed by atoms with Crippen molar-refractivity contribution in [3.8, 4) is 5.69 Å². The second-order valence-corrected chi connectivity index (χ2v) is 4.59. The third-order valence-corrected chi connectivity index (χ3v) is 3.19. The summed E-state index contributed by atoms with van der Waals surface area (Å²) in [5.74, 6) is -1.43. The van der Waals surface area contributed by atoms with Crippen molar-refractivity contribution in [3.05, 3.63) is 55.9 Å². The molecule has 0 radical (unpaired) electrons. The third kappa shape index (κ3) is 2.47. The minimum atomic E-state index is -1.43. The molecule has 1 aromatic carbocycles. The molecule has 0 saturated carbocycles. The molecule has 1 heterocycles. The van der Waals surface area contributed by atoms with Crippen LogP contribution in [-0.4, -0.2) is 20.9 Å². The molecule has 19 heavy (non-hydrogen) atoms. The monoisotopic (exact) mass is 298 g/mol. The molecule has 1 N–H and O–H groups in total. The fraction of sp³-hybridized carbons (Fsp3) is 0.0833. The number of carboxylic acids is 1. The highest BCUT2D eigenvalue weighted by Gasteiger charge is 2.18.